The van der Waals surface area contributed by atoms with E-state index in [0.29, 0.717) is 36.6 Å². The SMILES string of the molecule is COCCNc1nc(SC(C)C)nc2c1cnn2CCNC(=O)CCl. The number of carbonyl (C=O) groups excluding carboxylic acids is 1. The summed E-state index contributed by atoms with van der Waals surface area (Å²) in [4.78, 5) is 20.5. The number of anilines is 1. The molecule has 10 heteroatoms. The molecule has 0 radical (unpaired) electrons. The lowest BCUT2D eigenvalue weighted by Crippen LogP contribution is -2.28. The molecule has 0 saturated carbocycles. The fourth-order valence-corrected chi connectivity index (χ4v) is 2.92. The van der Waals surface area contributed by atoms with Crippen LogP contribution in [0.1, 0.15) is 13.8 Å². The first kappa shape index (κ1) is 19.7. The number of hydrogen-bond donors (Lipinski definition) is 2. The third-order valence-corrected chi connectivity index (χ3v) is 4.29. The third-order valence-electron chi connectivity index (χ3n) is 3.18. The van der Waals surface area contributed by atoms with E-state index in [0.717, 1.165) is 16.9 Å². The van der Waals surface area contributed by atoms with Crippen LogP contribution in [0.3, 0.4) is 0 Å². The highest BCUT2D eigenvalue weighted by molar-refractivity contribution is 7.99. The minimum Gasteiger partial charge on any atom is -0.383 e. The Kier molecular flexibility index (Phi) is 7.73. The topological polar surface area (TPSA) is 94.0 Å². The maximum absolute atomic E-state index is 11.3. The first-order chi connectivity index (χ1) is 12.0. The zero-order chi connectivity index (χ0) is 18.2. The highest BCUT2D eigenvalue weighted by Crippen LogP contribution is 2.26. The van der Waals surface area contributed by atoms with Crippen molar-refractivity contribution < 1.29 is 9.53 Å². The van der Waals surface area contributed by atoms with Crippen LogP contribution in [-0.4, -0.2) is 63.6 Å². The van der Waals surface area contributed by atoms with Crippen molar-refractivity contribution in [3.05, 3.63) is 6.20 Å². The average molecular weight is 387 g/mol. The van der Waals surface area contributed by atoms with E-state index in [-0.39, 0.29) is 11.8 Å². The van der Waals surface area contributed by atoms with Gasteiger partial charge in [0.25, 0.3) is 0 Å². The number of hydrogen-bond acceptors (Lipinski definition) is 7. The Bertz CT molecular complexity index is 709. The van der Waals surface area contributed by atoms with Gasteiger partial charge in [-0.2, -0.15) is 5.10 Å². The van der Waals surface area contributed by atoms with Crippen molar-refractivity contribution in [1.29, 1.82) is 0 Å². The Morgan fingerprint density at radius 1 is 1.40 bits per heavy atom. The lowest BCUT2D eigenvalue weighted by atomic mass is 10.4. The summed E-state index contributed by atoms with van der Waals surface area (Å²) in [6.45, 7) is 6.35. The average Bonchev–Trinajstić information content (AvgIpc) is 2.97. The summed E-state index contributed by atoms with van der Waals surface area (Å²) < 4.78 is 6.84. The molecule has 0 spiro atoms. The van der Waals surface area contributed by atoms with Crippen LogP contribution in [0.5, 0.6) is 0 Å². The molecule has 0 atom stereocenters. The molecule has 0 aliphatic rings. The Morgan fingerprint density at radius 3 is 2.88 bits per heavy atom. The van der Waals surface area contributed by atoms with Gasteiger partial charge in [-0.05, 0) is 0 Å². The Hall–Kier alpha value is -1.58. The molecule has 0 saturated heterocycles. The number of amides is 1. The number of carbonyl (C=O) groups is 1. The van der Waals surface area contributed by atoms with E-state index in [2.05, 4.69) is 39.5 Å². The minimum atomic E-state index is -0.203. The summed E-state index contributed by atoms with van der Waals surface area (Å²) in [5.74, 6) is 0.483. The standard InChI is InChI=1S/C15H23ClN6O2S/c1-10(2)25-15-20-13(18-5-7-24-3)11-9-19-22(14(11)21-15)6-4-17-12(23)8-16/h9-10H,4-8H2,1-3H3,(H,17,23)(H,18,20,21). The fraction of sp³-hybridized carbons (Fsp3) is 0.600. The second-order valence-electron chi connectivity index (χ2n) is 5.53. The number of thioether (sulfide) groups is 1. The van der Waals surface area contributed by atoms with Gasteiger partial charge in [-0.25, -0.2) is 14.6 Å². The van der Waals surface area contributed by atoms with Crippen molar-refractivity contribution >= 4 is 46.1 Å². The van der Waals surface area contributed by atoms with Crippen LogP contribution < -0.4 is 10.6 Å². The second-order valence-corrected chi connectivity index (χ2v) is 7.34. The fourth-order valence-electron chi connectivity index (χ4n) is 2.12. The van der Waals surface area contributed by atoms with E-state index >= 15 is 0 Å². The van der Waals surface area contributed by atoms with Gasteiger partial charge < -0.3 is 15.4 Å². The van der Waals surface area contributed by atoms with Crippen molar-refractivity contribution in [3.8, 4) is 0 Å². The molecule has 0 aliphatic heterocycles. The Morgan fingerprint density at radius 2 is 2.20 bits per heavy atom. The van der Waals surface area contributed by atoms with Crippen molar-refractivity contribution in [3.63, 3.8) is 0 Å². The lowest BCUT2D eigenvalue weighted by Gasteiger charge is -2.10. The molecule has 0 aromatic carbocycles. The highest BCUT2D eigenvalue weighted by atomic mass is 35.5. The number of aromatic nitrogens is 4. The number of rotatable bonds is 10. The quantitative estimate of drug-likeness (QED) is 0.278. The number of nitrogens with one attached hydrogen (secondary N) is 2. The van der Waals surface area contributed by atoms with Crippen molar-refractivity contribution in [1.82, 2.24) is 25.1 Å². The highest BCUT2D eigenvalue weighted by Gasteiger charge is 2.14. The molecule has 2 rings (SSSR count). The van der Waals surface area contributed by atoms with Crippen LogP contribution in [0.2, 0.25) is 0 Å². The van der Waals surface area contributed by atoms with Crippen molar-refractivity contribution in [2.75, 3.05) is 38.0 Å². The van der Waals surface area contributed by atoms with E-state index in [4.69, 9.17) is 16.3 Å². The molecular weight excluding hydrogens is 364 g/mol. The third kappa shape index (κ3) is 5.72. The Labute approximate surface area is 156 Å². The molecule has 0 aliphatic carbocycles. The van der Waals surface area contributed by atoms with Crippen LogP contribution >= 0.6 is 23.4 Å². The predicted molar refractivity (Wildman–Crippen MR) is 100 cm³/mol. The van der Waals surface area contributed by atoms with Gasteiger partial charge in [-0.3, -0.25) is 4.79 Å². The molecule has 25 heavy (non-hydrogen) atoms. The molecule has 0 unspecified atom stereocenters. The summed E-state index contributed by atoms with van der Waals surface area (Å²) >= 11 is 7.07. The van der Waals surface area contributed by atoms with Crippen LogP contribution in [0, 0.1) is 0 Å². The van der Waals surface area contributed by atoms with Gasteiger partial charge >= 0.3 is 0 Å². The molecular formula is C15H23ClN6O2S. The maximum atomic E-state index is 11.3. The van der Waals surface area contributed by atoms with Crippen molar-refractivity contribution in [2.45, 2.75) is 30.8 Å². The van der Waals surface area contributed by atoms with Gasteiger partial charge in [0, 0.05) is 25.4 Å². The monoisotopic (exact) mass is 386 g/mol. The summed E-state index contributed by atoms with van der Waals surface area (Å²) in [5.41, 5.74) is 0.734. The molecule has 2 aromatic heterocycles. The molecule has 2 heterocycles. The first-order valence-electron chi connectivity index (χ1n) is 8.00. The van der Waals surface area contributed by atoms with Gasteiger partial charge in [0.1, 0.15) is 11.7 Å². The van der Waals surface area contributed by atoms with Crippen LogP contribution in [0.15, 0.2) is 11.4 Å². The van der Waals surface area contributed by atoms with Gasteiger partial charge in [-0.1, -0.05) is 25.6 Å². The predicted octanol–water partition coefficient (Wildman–Crippen LogP) is 1.74. The summed E-state index contributed by atoms with van der Waals surface area (Å²) in [6, 6.07) is 0. The number of halogens is 1. The lowest BCUT2D eigenvalue weighted by molar-refractivity contribution is -0.118. The zero-order valence-corrected chi connectivity index (χ0v) is 16.2. The molecule has 0 bridgehead atoms. The van der Waals surface area contributed by atoms with Gasteiger partial charge in [0.15, 0.2) is 10.8 Å². The van der Waals surface area contributed by atoms with Crippen LogP contribution in [0.25, 0.3) is 11.0 Å². The number of nitrogens with zero attached hydrogens (tertiary/aromatic N) is 4. The van der Waals surface area contributed by atoms with Crippen molar-refractivity contribution in [2.24, 2.45) is 0 Å². The minimum absolute atomic E-state index is 0.0508. The van der Waals surface area contributed by atoms with E-state index in [9.17, 15) is 4.79 Å². The number of fused-ring (bicyclic) bond motifs is 1. The molecule has 8 nitrogen and oxygen atoms in total. The largest absolute Gasteiger partial charge is 0.383 e. The Balaban J connectivity index is 2.24. The van der Waals surface area contributed by atoms with Gasteiger partial charge in [0.2, 0.25) is 5.91 Å². The smallest absolute Gasteiger partial charge is 0.234 e. The molecule has 2 N–H and O–H groups in total. The number of methoxy groups -OCH3 is 1. The molecule has 0 fully saturated rings. The van der Waals surface area contributed by atoms with E-state index in [1.165, 1.54) is 0 Å². The summed E-state index contributed by atoms with van der Waals surface area (Å²) in [6.07, 6.45) is 1.73. The van der Waals surface area contributed by atoms with Crippen LogP contribution in [0.4, 0.5) is 5.82 Å². The summed E-state index contributed by atoms with van der Waals surface area (Å²) in [7, 11) is 1.66. The van der Waals surface area contributed by atoms with Gasteiger partial charge in [0.05, 0.1) is 24.7 Å². The normalized spacial score (nSPS) is 11.2. The first-order valence-corrected chi connectivity index (χ1v) is 9.42. The van der Waals surface area contributed by atoms with E-state index < -0.39 is 0 Å². The molecule has 1 amide bonds. The second kappa shape index (κ2) is 9.79. The van der Waals surface area contributed by atoms with E-state index in [1.807, 2.05) is 0 Å². The van der Waals surface area contributed by atoms with Crippen LogP contribution in [-0.2, 0) is 16.1 Å². The zero-order valence-electron chi connectivity index (χ0n) is 14.6. The molecule has 2 aromatic rings. The number of alkyl halides is 1. The summed E-state index contributed by atoms with van der Waals surface area (Å²) in [5, 5.41) is 12.3. The van der Waals surface area contributed by atoms with Gasteiger partial charge in [-0.15, -0.1) is 11.6 Å². The van der Waals surface area contributed by atoms with E-state index in [1.54, 1.807) is 29.8 Å². The maximum Gasteiger partial charge on any atom is 0.234 e. The number of ether oxygens (including phenoxy) is 1. The molecule has 138 valence electrons.